The van der Waals surface area contributed by atoms with Crippen LogP contribution < -0.4 is 10.6 Å². The number of rotatable bonds is 6. The fourth-order valence-corrected chi connectivity index (χ4v) is 2.10. The Morgan fingerprint density at radius 1 is 1.12 bits per heavy atom. The van der Waals surface area contributed by atoms with Crippen molar-refractivity contribution in [1.29, 1.82) is 0 Å². The first kappa shape index (κ1) is 19.3. The number of Topliss-reactive ketones (excluding diaryl/α,β-unsaturated/α-hetero) is 1. The van der Waals surface area contributed by atoms with Crippen molar-refractivity contribution in [3.63, 3.8) is 0 Å². The summed E-state index contributed by atoms with van der Waals surface area (Å²) in [4.78, 5) is 47.7. The third-order valence-corrected chi connectivity index (χ3v) is 3.35. The number of nitrogens with one attached hydrogen (secondary N) is 2. The number of aryl methyl sites for hydroxylation is 1. The standard InChI is InChI=1S/C17H22N2O5/c1-9(2)14(17(23)24-5)19-16(22)15(21)12-8-10(3)6-7-13(12)18-11(4)20/h6-9,14H,1-5H3,(H,18,20)(H,19,22)/t14-/m0/s1. The molecule has 1 rings (SSSR count). The van der Waals surface area contributed by atoms with Crippen molar-refractivity contribution < 1.29 is 23.9 Å². The molecule has 0 aliphatic rings. The molecule has 0 unspecified atom stereocenters. The van der Waals surface area contributed by atoms with E-state index in [4.69, 9.17) is 0 Å². The molecule has 0 radical (unpaired) electrons. The lowest BCUT2D eigenvalue weighted by Crippen LogP contribution is -2.47. The van der Waals surface area contributed by atoms with E-state index in [9.17, 15) is 19.2 Å². The van der Waals surface area contributed by atoms with Gasteiger partial charge in [0.2, 0.25) is 5.91 Å². The van der Waals surface area contributed by atoms with Crippen molar-refractivity contribution in [3.8, 4) is 0 Å². The second-order valence-electron chi connectivity index (χ2n) is 5.78. The fraction of sp³-hybridized carbons (Fsp3) is 0.412. The number of hydrogen-bond donors (Lipinski definition) is 2. The maximum absolute atomic E-state index is 12.5. The molecule has 0 spiro atoms. The number of hydrogen-bond acceptors (Lipinski definition) is 5. The van der Waals surface area contributed by atoms with Gasteiger partial charge in [0.1, 0.15) is 6.04 Å². The van der Waals surface area contributed by atoms with Gasteiger partial charge in [-0.25, -0.2) is 4.79 Å². The highest BCUT2D eigenvalue weighted by molar-refractivity contribution is 6.44. The molecule has 2 amide bonds. The molecule has 24 heavy (non-hydrogen) atoms. The third-order valence-electron chi connectivity index (χ3n) is 3.35. The molecule has 130 valence electrons. The molecule has 0 aliphatic heterocycles. The van der Waals surface area contributed by atoms with Gasteiger partial charge < -0.3 is 15.4 Å². The van der Waals surface area contributed by atoms with E-state index in [-0.39, 0.29) is 23.1 Å². The molecule has 1 aromatic carbocycles. The van der Waals surface area contributed by atoms with Crippen LogP contribution in [0.15, 0.2) is 18.2 Å². The minimum absolute atomic E-state index is 0.0649. The molecule has 1 atom stereocenters. The van der Waals surface area contributed by atoms with Gasteiger partial charge in [0, 0.05) is 6.92 Å². The van der Waals surface area contributed by atoms with Crippen molar-refractivity contribution >= 4 is 29.3 Å². The van der Waals surface area contributed by atoms with Crippen molar-refractivity contribution in [2.45, 2.75) is 33.7 Å². The van der Waals surface area contributed by atoms with Crippen molar-refractivity contribution in [3.05, 3.63) is 29.3 Å². The molecule has 0 heterocycles. The van der Waals surface area contributed by atoms with E-state index in [1.165, 1.54) is 20.1 Å². The van der Waals surface area contributed by atoms with E-state index < -0.39 is 23.7 Å². The predicted octanol–water partition coefficient (Wildman–Crippen LogP) is 1.45. The first-order chi connectivity index (χ1) is 11.2. The SMILES string of the molecule is COC(=O)[C@@H](NC(=O)C(=O)c1cc(C)ccc1NC(C)=O)C(C)C. The quantitative estimate of drug-likeness (QED) is 0.466. The van der Waals surface area contributed by atoms with Crippen LogP contribution in [0.2, 0.25) is 0 Å². The Labute approximate surface area is 140 Å². The maximum atomic E-state index is 12.5. The fourth-order valence-electron chi connectivity index (χ4n) is 2.10. The average molecular weight is 334 g/mol. The monoisotopic (exact) mass is 334 g/mol. The van der Waals surface area contributed by atoms with E-state index in [0.717, 1.165) is 5.56 Å². The first-order valence-corrected chi connectivity index (χ1v) is 7.48. The van der Waals surface area contributed by atoms with Crippen molar-refractivity contribution in [2.75, 3.05) is 12.4 Å². The van der Waals surface area contributed by atoms with Crippen LogP contribution in [-0.2, 0) is 19.1 Å². The minimum atomic E-state index is -0.934. The normalized spacial score (nSPS) is 11.6. The molecule has 1 aromatic rings. The Balaban J connectivity index is 3.08. The first-order valence-electron chi connectivity index (χ1n) is 7.48. The van der Waals surface area contributed by atoms with E-state index in [2.05, 4.69) is 15.4 Å². The zero-order valence-electron chi connectivity index (χ0n) is 14.4. The van der Waals surface area contributed by atoms with Gasteiger partial charge in [-0.15, -0.1) is 0 Å². The van der Waals surface area contributed by atoms with Crippen LogP contribution in [0.25, 0.3) is 0 Å². The van der Waals surface area contributed by atoms with Crippen LogP contribution in [0, 0.1) is 12.8 Å². The summed E-state index contributed by atoms with van der Waals surface area (Å²) >= 11 is 0. The Morgan fingerprint density at radius 3 is 2.25 bits per heavy atom. The second kappa shape index (κ2) is 8.24. The number of amides is 2. The molecule has 0 aliphatic carbocycles. The number of carbonyl (C=O) groups excluding carboxylic acids is 4. The summed E-state index contributed by atoms with van der Waals surface area (Å²) < 4.78 is 4.63. The van der Waals surface area contributed by atoms with E-state index >= 15 is 0 Å². The Morgan fingerprint density at radius 2 is 1.75 bits per heavy atom. The maximum Gasteiger partial charge on any atom is 0.328 e. The Bertz CT molecular complexity index is 667. The van der Waals surface area contributed by atoms with E-state index in [1.807, 2.05) is 0 Å². The zero-order chi connectivity index (χ0) is 18.4. The number of ketones is 1. The molecular formula is C17H22N2O5. The summed E-state index contributed by atoms with van der Waals surface area (Å²) in [7, 11) is 1.21. The average Bonchev–Trinajstić information content (AvgIpc) is 2.51. The molecule has 0 fully saturated rings. The number of methoxy groups -OCH3 is 1. The molecular weight excluding hydrogens is 312 g/mol. The van der Waals surface area contributed by atoms with Gasteiger partial charge in [-0.05, 0) is 25.0 Å². The minimum Gasteiger partial charge on any atom is -0.467 e. The van der Waals surface area contributed by atoms with Gasteiger partial charge in [0.15, 0.2) is 0 Å². The molecule has 2 N–H and O–H groups in total. The van der Waals surface area contributed by atoms with E-state index in [1.54, 1.807) is 32.9 Å². The summed E-state index contributed by atoms with van der Waals surface area (Å²) in [5, 5.41) is 4.90. The molecule has 0 saturated carbocycles. The summed E-state index contributed by atoms with van der Waals surface area (Å²) in [6.07, 6.45) is 0. The predicted molar refractivity (Wildman–Crippen MR) is 88.6 cm³/mol. The lowest BCUT2D eigenvalue weighted by atomic mass is 10.0. The smallest absolute Gasteiger partial charge is 0.328 e. The summed E-state index contributed by atoms with van der Waals surface area (Å²) in [5.41, 5.74) is 1.07. The van der Waals surface area contributed by atoms with Crippen LogP contribution in [0.5, 0.6) is 0 Å². The number of esters is 1. The largest absolute Gasteiger partial charge is 0.467 e. The highest BCUT2D eigenvalue weighted by Crippen LogP contribution is 2.18. The highest BCUT2D eigenvalue weighted by atomic mass is 16.5. The van der Waals surface area contributed by atoms with Crippen LogP contribution in [0.1, 0.15) is 36.7 Å². The Hall–Kier alpha value is -2.70. The second-order valence-corrected chi connectivity index (χ2v) is 5.78. The van der Waals surface area contributed by atoms with Gasteiger partial charge in [-0.2, -0.15) is 0 Å². The molecule has 0 saturated heterocycles. The summed E-state index contributed by atoms with van der Waals surface area (Å²) in [5.74, 6) is -3.00. The molecule has 7 nitrogen and oxygen atoms in total. The third kappa shape index (κ3) is 4.91. The van der Waals surface area contributed by atoms with Gasteiger partial charge >= 0.3 is 5.97 Å². The van der Waals surface area contributed by atoms with E-state index in [0.29, 0.717) is 0 Å². The Kier molecular flexibility index (Phi) is 6.64. The number of anilines is 1. The van der Waals surface area contributed by atoms with Crippen LogP contribution in [-0.4, -0.2) is 36.7 Å². The highest BCUT2D eigenvalue weighted by Gasteiger charge is 2.29. The lowest BCUT2D eigenvalue weighted by Gasteiger charge is -2.19. The summed E-state index contributed by atoms with van der Waals surface area (Å²) in [6, 6.07) is 3.85. The van der Waals surface area contributed by atoms with Gasteiger partial charge in [0.25, 0.3) is 11.7 Å². The summed E-state index contributed by atoms with van der Waals surface area (Å²) in [6.45, 7) is 6.52. The molecule has 0 bridgehead atoms. The van der Waals surface area contributed by atoms with Crippen LogP contribution in [0.4, 0.5) is 5.69 Å². The number of ether oxygens (including phenoxy) is 1. The number of carbonyl (C=O) groups is 4. The molecule has 7 heteroatoms. The topological polar surface area (TPSA) is 102 Å². The number of benzene rings is 1. The van der Waals surface area contributed by atoms with Crippen molar-refractivity contribution in [1.82, 2.24) is 5.32 Å². The van der Waals surface area contributed by atoms with Crippen molar-refractivity contribution in [2.24, 2.45) is 5.92 Å². The van der Waals surface area contributed by atoms with Gasteiger partial charge in [-0.3, -0.25) is 14.4 Å². The lowest BCUT2D eigenvalue weighted by molar-refractivity contribution is -0.145. The molecule has 0 aromatic heterocycles. The zero-order valence-corrected chi connectivity index (χ0v) is 14.4. The van der Waals surface area contributed by atoms with Crippen LogP contribution >= 0.6 is 0 Å². The van der Waals surface area contributed by atoms with Gasteiger partial charge in [0.05, 0.1) is 18.4 Å². The van der Waals surface area contributed by atoms with Crippen LogP contribution in [0.3, 0.4) is 0 Å². The van der Waals surface area contributed by atoms with Gasteiger partial charge in [-0.1, -0.05) is 25.5 Å².